The Kier molecular flexibility index (Phi) is 4.44. The van der Waals surface area contributed by atoms with Gasteiger partial charge in [-0.2, -0.15) is 5.26 Å². The van der Waals surface area contributed by atoms with Crippen LogP contribution in [0.4, 0.5) is 11.4 Å². The summed E-state index contributed by atoms with van der Waals surface area (Å²) in [6.07, 6.45) is 1.01. The van der Waals surface area contributed by atoms with Crippen molar-refractivity contribution in [2.45, 2.75) is 0 Å². The second-order valence-electron chi connectivity index (χ2n) is 4.57. The summed E-state index contributed by atoms with van der Waals surface area (Å²) in [7, 11) is -3.49. The second kappa shape index (κ2) is 6.28. The van der Waals surface area contributed by atoms with E-state index < -0.39 is 15.9 Å². The van der Waals surface area contributed by atoms with Gasteiger partial charge in [0.1, 0.15) is 0 Å². The van der Waals surface area contributed by atoms with Gasteiger partial charge in [0.2, 0.25) is 10.0 Å². The number of anilines is 2. The average Bonchev–Trinajstić information content (AvgIpc) is 2.46. The van der Waals surface area contributed by atoms with E-state index in [1.54, 1.807) is 30.3 Å². The predicted molar refractivity (Wildman–Crippen MR) is 84.0 cm³/mol. The van der Waals surface area contributed by atoms with Gasteiger partial charge in [0, 0.05) is 5.69 Å². The molecule has 2 rings (SSSR count). The maximum atomic E-state index is 12.3. The van der Waals surface area contributed by atoms with E-state index in [2.05, 4.69) is 10.0 Å². The summed E-state index contributed by atoms with van der Waals surface area (Å²) in [5.41, 5.74) is 1.26. The molecule has 0 heterocycles. The quantitative estimate of drug-likeness (QED) is 0.903. The van der Waals surface area contributed by atoms with Gasteiger partial charge in [0.15, 0.2) is 0 Å². The predicted octanol–water partition coefficient (Wildman–Crippen LogP) is 2.18. The van der Waals surface area contributed by atoms with Gasteiger partial charge >= 0.3 is 0 Å². The molecule has 2 aromatic rings. The normalized spacial score (nSPS) is 10.5. The van der Waals surface area contributed by atoms with Crippen molar-refractivity contribution in [3.8, 4) is 6.07 Å². The lowest BCUT2D eigenvalue weighted by atomic mass is 10.1. The van der Waals surface area contributed by atoms with E-state index in [0.717, 1.165) is 6.26 Å². The van der Waals surface area contributed by atoms with Crippen molar-refractivity contribution in [1.82, 2.24) is 0 Å². The topological polar surface area (TPSA) is 99.1 Å². The first-order valence-corrected chi connectivity index (χ1v) is 8.16. The third kappa shape index (κ3) is 4.07. The number of hydrogen-bond acceptors (Lipinski definition) is 4. The molecular formula is C15H13N3O3S. The number of carbonyl (C=O) groups is 1. The van der Waals surface area contributed by atoms with Crippen LogP contribution in [0.15, 0.2) is 48.5 Å². The molecule has 0 spiro atoms. The number of amides is 1. The van der Waals surface area contributed by atoms with Crippen molar-refractivity contribution < 1.29 is 13.2 Å². The first-order valence-electron chi connectivity index (χ1n) is 6.27. The van der Waals surface area contributed by atoms with Gasteiger partial charge in [-0.1, -0.05) is 18.2 Å². The highest BCUT2D eigenvalue weighted by molar-refractivity contribution is 7.92. The number of nitriles is 1. The first-order chi connectivity index (χ1) is 10.4. The summed E-state index contributed by atoms with van der Waals surface area (Å²) < 4.78 is 25.0. The van der Waals surface area contributed by atoms with Gasteiger partial charge in [-0.15, -0.1) is 0 Å². The molecule has 0 aliphatic heterocycles. The molecule has 2 aromatic carbocycles. The maximum Gasteiger partial charge on any atom is 0.257 e. The van der Waals surface area contributed by atoms with Crippen molar-refractivity contribution >= 4 is 27.3 Å². The van der Waals surface area contributed by atoms with E-state index in [1.165, 1.54) is 18.2 Å². The van der Waals surface area contributed by atoms with Gasteiger partial charge < -0.3 is 5.32 Å². The number of rotatable bonds is 4. The Morgan fingerprint density at radius 3 is 2.55 bits per heavy atom. The van der Waals surface area contributed by atoms with Gasteiger partial charge in [0.25, 0.3) is 5.91 Å². The maximum absolute atomic E-state index is 12.3. The highest BCUT2D eigenvalue weighted by Crippen LogP contribution is 2.18. The van der Waals surface area contributed by atoms with Crippen LogP contribution < -0.4 is 10.0 Å². The number of carbonyl (C=O) groups excluding carboxylic acids is 1. The van der Waals surface area contributed by atoms with Gasteiger partial charge in [-0.05, 0) is 30.3 Å². The number of para-hydroxylation sites is 1. The lowest BCUT2D eigenvalue weighted by Crippen LogP contribution is -2.17. The molecule has 0 radical (unpaired) electrons. The molecule has 7 heteroatoms. The fourth-order valence-corrected chi connectivity index (χ4v) is 2.41. The highest BCUT2D eigenvalue weighted by Gasteiger charge is 2.13. The molecule has 0 unspecified atom stereocenters. The van der Waals surface area contributed by atoms with Crippen LogP contribution in [0.3, 0.4) is 0 Å². The van der Waals surface area contributed by atoms with Crippen LogP contribution in [-0.4, -0.2) is 20.6 Å². The number of benzene rings is 2. The Bertz CT molecular complexity index is 854. The molecule has 0 aliphatic carbocycles. The van der Waals surface area contributed by atoms with E-state index in [9.17, 15) is 13.2 Å². The molecule has 0 saturated heterocycles. The van der Waals surface area contributed by atoms with Crippen LogP contribution in [0, 0.1) is 11.3 Å². The summed E-state index contributed by atoms with van der Waals surface area (Å²) in [6.45, 7) is 0. The number of nitrogens with zero attached hydrogens (tertiary/aromatic N) is 1. The Morgan fingerprint density at radius 2 is 1.86 bits per heavy atom. The van der Waals surface area contributed by atoms with Crippen molar-refractivity contribution in [2.75, 3.05) is 16.3 Å². The summed E-state index contributed by atoms with van der Waals surface area (Å²) in [4.78, 5) is 12.3. The molecule has 0 aromatic heterocycles. The summed E-state index contributed by atoms with van der Waals surface area (Å²) >= 11 is 0. The van der Waals surface area contributed by atoms with Crippen molar-refractivity contribution in [3.05, 3.63) is 59.7 Å². The summed E-state index contributed by atoms with van der Waals surface area (Å²) in [5.74, 6) is -0.471. The molecule has 0 bridgehead atoms. The standard InChI is InChI=1S/C15H13N3O3S/c1-22(20,21)18-14-8-3-2-7-13(14)15(19)17-12-6-4-5-11(9-12)10-16/h2-9,18H,1H3,(H,17,19). The molecule has 0 atom stereocenters. The SMILES string of the molecule is CS(=O)(=O)Nc1ccccc1C(=O)Nc1cccc(C#N)c1. The molecular weight excluding hydrogens is 302 g/mol. The largest absolute Gasteiger partial charge is 0.322 e. The zero-order chi connectivity index (χ0) is 16.2. The van der Waals surface area contributed by atoms with Crippen molar-refractivity contribution in [2.24, 2.45) is 0 Å². The van der Waals surface area contributed by atoms with Crippen LogP contribution in [-0.2, 0) is 10.0 Å². The average molecular weight is 315 g/mol. The molecule has 0 aliphatic rings. The fourth-order valence-electron chi connectivity index (χ4n) is 1.83. The lowest BCUT2D eigenvalue weighted by molar-refractivity contribution is 0.102. The molecule has 0 fully saturated rings. The highest BCUT2D eigenvalue weighted by atomic mass is 32.2. The fraction of sp³-hybridized carbons (Fsp3) is 0.0667. The van der Waals surface area contributed by atoms with E-state index in [0.29, 0.717) is 11.3 Å². The Balaban J connectivity index is 2.28. The van der Waals surface area contributed by atoms with Crippen LogP contribution in [0.25, 0.3) is 0 Å². The lowest BCUT2D eigenvalue weighted by Gasteiger charge is -2.11. The van der Waals surface area contributed by atoms with E-state index in [-0.39, 0.29) is 11.3 Å². The molecule has 1 amide bonds. The van der Waals surface area contributed by atoms with E-state index in [4.69, 9.17) is 5.26 Å². The van der Waals surface area contributed by atoms with E-state index >= 15 is 0 Å². The van der Waals surface area contributed by atoms with Gasteiger partial charge in [0.05, 0.1) is 29.1 Å². The number of nitrogens with one attached hydrogen (secondary N) is 2. The third-order valence-electron chi connectivity index (χ3n) is 2.72. The van der Waals surface area contributed by atoms with Gasteiger partial charge in [-0.25, -0.2) is 8.42 Å². The van der Waals surface area contributed by atoms with Gasteiger partial charge in [-0.3, -0.25) is 9.52 Å². The molecule has 112 valence electrons. The van der Waals surface area contributed by atoms with Crippen LogP contribution in [0.1, 0.15) is 15.9 Å². The Morgan fingerprint density at radius 1 is 1.14 bits per heavy atom. The minimum absolute atomic E-state index is 0.190. The van der Waals surface area contributed by atoms with Crippen LogP contribution >= 0.6 is 0 Å². The zero-order valence-corrected chi connectivity index (χ0v) is 12.5. The molecule has 2 N–H and O–H groups in total. The Hall–Kier alpha value is -2.85. The first kappa shape index (κ1) is 15.5. The number of hydrogen-bond donors (Lipinski definition) is 2. The minimum Gasteiger partial charge on any atom is -0.322 e. The second-order valence-corrected chi connectivity index (χ2v) is 6.31. The summed E-state index contributed by atoms with van der Waals surface area (Å²) in [6, 6.07) is 14.7. The Labute approximate surface area is 128 Å². The van der Waals surface area contributed by atoms with Crippen molar-refractivity contribution in [1.29, 1.82) is 5.26 Å². The van der Waals surface area contributed by atoms with E-state index in [1.807, 2.05) is 6.07 Å². The molecule has 0 saturated carbocycles. The monoisotopic (exact) mass is 315 g/mol. The smallest absolute Gasteiger partial charge is 0.257 e. The number of sulfonamides is 1. The zero-order valence-electron chi connectivity index (χ0n) is 11.7. The van der Waals surface area contributed by atoms with Crippen LogP contribution in [0.5, 0.6) is 0 Å². The third-order valence-corrected chi connectivity index (χ3v) is 3.31. The molecule has 6 nitrogen and oxygen atoms in total. The van der Waals surface area contributed by atoms with Crippen molar-refractivity contribution in [3.63, 3.8) is 0 Å². The minimum atomic E-state index is -3.49. The summed E-state index contributed by atoms with van der Waals surface area (Å²) in [5, 5.41) is 11.5. The molecule has 22 heavy (non-hydrogen) atoms. The van der Waals surface area contributed by atoms with Crippen LogP contribution in [0.2, 0.25) is 0 Å².